The van der Waals surface area contributed by atoms with E-state index in [9.17, 15) is 0 Å². The molecule has 0 amide bonds. The molecule has 0 saturated carbocycles. The lowest BCUT2D eigenvalue weighted by molar-refractivity contribution is 0.483. The highest BCUT2D eigenvalue weighted by molar-refractivity contribution is 6.99. The van der Waals surface area contributed by atoms with Crippen molar-refractivity contribution < 1.29 is 4.74 Å². The zero-order valence-corrected chi connectivity index (χ0v) is 38.4. The lowest BCUT2D eigenvalue weighted by Crippen LogP contribution is -2.59. The molecule has 0 fully saturated rings. The largest absolute Gasteiger partial charge is 0.458 e. The highest BCUT2D eigenvalue weighted by atomic mass is 16.5. The van der Waals surface area contributed by atoms with Gasteiger partial charge < -0.3 is 18.8 Å². The summed E-state index contributed by atoms with van der Waals surface area (Å²) in [7, 11) is 0. The maximum atomic E-state index is 7.37. The SMILES string of the molecule is CCCCc1cccc(-c2ccccc2)c1N1c2cc(-n3c4ccccc4c4ccccc43)ccc2B2c3ccc(-n4c5ccccc5c5ccccc54)cc3Oc3cc(C(C)(C)C)cc1c32. The first-order valence-electron chi connectivity index (χ1n) is 23.9. The topological polar surface area (TPSA) is 22.3 Å². The third-order valence-electron chi connectivity index (χ3n) is 14.5. The minimum absolute atomic E-state index is 0.0728. The molecule has 4 nitrogen and oxygen atoms in total. The zero-order chi connectivity index (χ0) is 45.0. The molecule has 4 heterocycles. The average molecular weight is 864 g/mol. The number of nitrogens with zero attached hydrogens (tertiary/aromatic N) is 3. The van der Waals surface area contributed by atoms with Crippen molar-refractivity contribution in [2.75, 3.05) is 4.90 Å². The Morgan fingerprint density at radius 1 is 0.493 bits per heavy atom. The summed E-state index contributed by atoms with van der Waals surface area (Å²) < 4.78 is 12.2. The van der Waals surface area contributed by atoms with Crippen molar-refractivity contribution in [3.8, 4) is 34.0 Å². The average Bonchev–Trinajstić information content (AvgIpc) is 3.88. The zero-order valence-electron chi connectivity index (χ0n) is 38.4. The number of aromatic nitrogens is 2. The molecule has 9 aromatic carbocycles. The molecule has 0 saturated heterocycles. The normalized spacial score (nSPS) is 13.0. The van der Waals surface area contributed by atoms with E-state index >= 15 is 0 Å². The fourth-order valence-electron chi connectivity index (χ4n) is 11.3. The lowest BCUT2D eigenvalue weighted by Gasteiger charge is -2.42. The van der Waals surface area contributed by atoms with Gasteiger partial charge >= 0.3 is 0 Å². The Kier molecular flexibility index (Phi) is 8.95. The molecular formula is C62H50BN3O. The molecule has 0 bridgehead atoms. The van der Waals surface area contributed by atoms with Gasteiger partial charge in [-0.1, -0.05) is 168 Å². The van der Waals surface area contributed by atoms with Crippen LogP contribution in [0.3, 0.4) is 0 Å². The van der Waals surface area contributed by atoms with E-state index < -0.39 is 0 Å². The van der Waals surface area contributed by atoms with Crippen LogP contribution in [0, 0.1) is 0 Å². The molecule has 0 N–H and O–H groups in total. The van der Waals surface area contributed by atoms with E-state index in [2.05, 4.69) is 236 Å². The first kappa shape index (κ1) is 39.6. The number of hydrogen-bond acceptors (Lipinski definition) is 2. The predicted molar refractivity (Wildman–Crippen MR) is 284 cm³/mol. The van der Waals surface area contributed by atoms with Gasteiger partial charge in [0.15, 0.2) is 0 Å². The van der Waals surface area contributed by atoms with Gasteiger partial charge in [0.05, 0.1) is 27.8 Å². The van der Waals surface area contributed by atoms with Crippen LogP contribution in [0.4, 0.5) is 17.1 Å². The summed E-state index contributed by atoms with van der Waals surface area (Å²) >= 11 is 0. The van der Waals surface area contributed by atoms with Gasteiger partial charge in [0.25, 0.3) is 6.71 Å². The predicted octanol–water partition coefficient (Wildman–Crippen LogP) is 14.6. The van der Waals surface area contributed by atoms with Crippen LogP contribution in [-0.4, -0.2) is 15.8 Å². The molecule has 0 spiro atoms. The molecule has 322 valence electrons. The molecule has 0 aliphatic carbocycles. The number of ether oxygens (including phenoxy) is 1. The second-order valence-corrected chi connectivity index (χ2v) is 19.5. The Labute approximate surface area is 392 Å². The Morgan fingerprint density at radius 2 is 1.04 bits per heavy atom. The minimum atomic E-state index is -0.157. The minimum Gasteiger partial charge on any atom is -0.458 e. The van der Waals surface area contributed by atoms with E-state index in [1.807, 2.05) is 0 Å². The molecule has 0 radical (unpaired) electrons. The summed E-state index contributed by atoms with van der Waals surface area (Å²) in [5.74, 6) is 1.82. The van der Waals surface area contributed by atoms with Crippen molar-refractivity contribution in [3.63, 3.8) is 0 Å². The Hall–Kier alpha value is -7.76. The van der Waals surface area contributed by atoms with Crippen LogP contribution in [0.5, 0.6) is 11.5 Å². The maximum absolute atomic E-state index is 7.37. The van der Waals surface area contributed by atoms with Crippen molar-refractivity contribution in [2.24, 2.45) is 0 Å². The van der Waals surface area contributed by atoms with Crippen LogP contribution >= 0.6 is 0 Å². The fourth-order valence-corrected chi connectivity index (χ4v) is 11.3. The van der Waals surface area contributed by atoms with Crippen LogP contribution in [0.15, 0.2) is 194 Å². The third-order valence-corrected chi connectivity index (χ3v) is 14.5. The molecule has 13 rings (SSSR count). The van der Waals surface area contributed by atoms with Crippen LogP contribution in [0.1, 0.15) is 51.7 Å². The van der Waals surface area contributed by atoms with E-state index in [-0.39, 0.29) is 12.1 Å². The summed E-state index contributed by atoms with van der Waals surface area (Å²) in [5, 5.41) is 5.00. The summed E-state index contributed by atoms with van der Waals surface area (Å²) in [6.45, 7) is 9.19. The van der Waals surface area contributed by atoms with Gasteiger partial charge in [-0.3, -0.25) is 0 Å². The number of fused-ring (bicyclic) bond motifs is 10. The number of para-hydroxylation sites is 5. The lowest BCUT2D eigenvalue weighted by atomic mass is 9.34. The summed E-state index contributed by atoms with van der Waals surface area (Å²) in [6, 6.07) is 72.1. The second kappa shape index (κ2) is 15.1. The molecule has 0 unspecified atom stereocenters. The molecule has 2 aliphatic rings. The third kappa shape index (κ3) is 6.07. The molecule has 0 atom stereocenters. The smallest absolute Gasteiger partial charge is 0.256 e. The molecule has 2 aromatic heterocycles. The number of benzene rings is 9. The van der Waals surface area contributed by atoms with E-state index in [1.54, 1.807) is 0 Å². The first-order chi connectivity index (χ1) is 32.9. The monoisotopic (exact) mass is 863 g/mol. The summed E-state index contributed by atoms with van der Waals surface area (Å²) in [4.78, 5) is 2.63. The van der Waals surface area contributed by atoms with Crippen LogP contribution in [-0.2, 0) is 11.8 Å². The van der Waals surface area contributed by atoms with Crippen LogP contribution in [0.2, 0.25) is 0 Å². The van der Waals surface area contributed by atoms with Gasteiger partial charge in [-0.15, -0.1) is 0 Å². The molecule has 5 heteroatoms. The van der Waals surface area contributed by atoms with E-state index in [0.717, 1.165) is 42.1 Å². The van der Waals surface area contributed by atoms with Crippen molar-refractivity contribution in [2.45, 2.75) is 52.4 Å². The molecular weight excluding hydrogens is 814 g/mol. The van der Waals surface area contributed by atoms with Gasteiger partial charge in [0.2, 0.25) is 0 Å². The number of anilines is 3. The quantitative estimate of drug-likeness (QED) is 0.149. The Bertz CT molecular complexity index is 3670. The van der Waals surface area contributed by atoms with Gasteiger partial charge in [-0.05, 0) is 106 Å². The summed E-state index contributed by atoms with van der Waals surface area (Å²) in [5.41, 5.74) is 19.1. The number of rotatable bonds is 7. The highest BCUT2D eigenvalue weighted by Gasteiger charge is 2.44. The van der Waals surface area contributed by atoms with E-state index in [1.165, 1.54) is 99.3 Å². The number of aryl methyl sites for hydroxylation is 1. The van der Waals surface area contributed by atoms with Gasteiger partial charge in [0.1, 0.15) is 11.5 Å². The van der Waals surface area contributed by atoms with E-state index in [0.29, 0.717) is 0 Å². The summed E-state index contributed by atoms with van der Waals surface area (Å²) in [6.07, 6.45) is 3.18. The van der Waals surface area contributed by atoms with Crippen molar-refractivity contribution in [1.29, 1.82) is 0 Å². The van der Waals surface area contributed by atoms with Gasteiger partial charge in [-0.25, -0.2) is 0 Å². The van der Waals surface area contributed by atoms with Crippen LogP contribution < -0.4 is 26.0 Å². The number of unbranched alkanes of at least 4 members (excludes halogenated alkanes) is 1. The fraction of sp³-hybridized carbons (Fsp3) is 0.129. The standard InChI is InChI=1S/C62H50BN3O/c1-5-6-19-41-22-18-27-45(40-20-8-7-9-21-40)61(41)66-56-38-43(64-52-28-14-10-23-46(52)47-24-11-15-29-53(47)64)32-34-50(56)63-51-35-33-44(65-54-30-16-12-25-48(54)49-26-13-17-31-55(49)65)39-58(51)67-59-37-42(62(2,3)4)36-57(66)60(59)63/h7-18,20-39H,5-6,19H2,1-4H3. The van der Waals surface area contributed by atoms with Gasteiger partial charge in [-0.2, -0.15) is 0 Å². The van der Waals surface area contributed by atoms with Crippen molar-refractivity contribution >= 4 is 83.8 Å². The van der Waals surface area contributed by atoms with E-state index in [4.69, 9.17) is 4.74 Å². The number of hydrogen-bond donors (Lipinski definition) is 0. The highest BCUT2D eigenvalue weighted by Crippen LogP contribution is 2.49. The van der Waals surface area contributed by atoms with Crippen LogP contribution in [0.25, 0.3) is 66.1 Å². The Morgan fingerprint density at radius 3 is 1.63 bits per heavy atom. The first-order valence-corrected chi connectivity index (χ1v) is 23.9. The molecule has 67 heavy (non-hydrogen) atoms. The van der Waals surface area contributed by atoms with Crippen molar-refractivity contribution in [3.05, 3.63) is 205 Å². The molecule has 11 aromatic rings. The second-order valence-electron chi connectivity index (χ2n) is 19.5. The molecule has 2 aliphatic heterocycles. The van der Waals surface area contributed by atoms with Crippen molar-refractivity contribution in [1.82, 2.24) is 9.13 Å². The maximum Gasteiger partial charge on any atom is 0.256 e. The van der Waals surface area contributed by atoms with Gasteiger partial charge in [0, 0.05) is 55.9 Å². The Balaban J connectivity index is 1.12.